The lowest BCUT2D eigenvalue weighted by Crippen LogP contribution is -2.46. The first-order valence-corrected chi connectivity index (χ1v) is 12.5. The Morgan fingerprint density at radius 2 is 1.82 bits per heavy atom. The number of carbonyl (C=O) groups is 1. The van der Waals surface area contributed by atoms with Crippen molar-refractivity contribution < 1.29 is 22.4 Å². The van der Waals surface area contributed by atoms with Crippen molar-refractivity contribution in [3.8, 4) is 5.75 Å². The number of hydrogen-bond acceptors (Lipinski definition) is 6. The molecule has 9 heteroatoms. The van der Waals surface area contributed by atoms with Gasteiger partial charge in [-0.1, -0.05) is 56.5 Å². The zero-order valence-electron chi connectivity index (χ0n) is 18.8. The first-order chi connectivity index (χ1) is 15.6. The van der Waals surface area contributed by atoms with Crippen LogP contribution < -0.4 is 15.1 Å². The van der Waals surface area contributed by atoms with Crippen LogP contribution in [0.15, 0.2) is 56.6 Å². The first kappa shape index (κ1) is 25.0. The Hall–Kier alpha value is -2.68. The number of nitrogens with one attached hydrogen (secondary N) is 1. The van der Waals surface area contributed by atoms with Crippen molar-refractivity contribution in [1.82, 2.24) is 4.72 Å². The molecule has 0 aliphatic carbocycles. The van der Waals surface area contributed by atoms with Crippen LogP contribution in [0.2, 0.25) is 5.02 Å². The van der Waals surface area contributed by atoms with Crippen LogP contribution >= 0.6 is 11.6 Å². The van der Waals surface area contributed by atoms with Gasteiger partial charge in [-0.05, 0) is 43.0 Å². The van der Waals surface area contributed by atoms with Crippen LogP contribution in [0.5, 0.6) is 5.75 Å². The molecule has 0 spiro atoms. The molecule has 1 heterocycles. The second kappa shape index (κ2) is 10.1. The lowest BCUT2D eigenvalue weighted by atomic mass is 10.0. The predicted octanol–water partition coefficient (Wildman–Crippen LogP) is 4.62. The van der Waals surface area contributed by atoms with Crippen molar-refractivity contribution in [3.63, 3.8) is 0 Å². The van der Waals surface area contributed by atoms with E-state index in [4.69, 9.17) is 20.8 Å². The van der Waals surface area contributed by atoms with Crippen LogP contribution in [0.25, 0.3) is 11.0 Å². The third kappa shape index (κ3) is 5.63. The van der Waals surface area contributed by atoms with E-state index < -0.39 is 27.7 Å². The van der Waals surface area contributed by atoms with Crippen LogP contribution in [0, 0.1) is 12.8 Å². The van der Waals surface area contributed by atoms with Gasteiger partial charge in [-0.25, -0.2) is 18.0 Å². The van der Waals surface area contributed by atoms with Crippen molar-refractivity contribution in [2.75, 3.05) is 0 Å². The molecule has 0 aliphatic rings. The molecule has 3 rings (SSSR count). The van der Waals surface area contributed by atoms with Gasteiger partial charge in [-0.15, -0.1) is 0 Å². The molecular formula is C24H26ClNO6S. The summed E-state index contributed by atoms with van der Waals surface area (Å²) in [6.45, 7) is 7.34. The molecule has 176 valence electrons. The first-order valence-electron chi connectivity index (χ1n) is 10.6. The number of carbonyl (C=O) groups excluding carboxylic acids is 1. The third-order valence-corrected chi connectivity index (χ3v) is 7.31. The molecule has 0 aliphatic heterocycles. The highest BCUT2D eigenvalue weighted by atomic mass is 35.5. The van der Waals surface area contributed by atoms with Gasteiger partial charge in [0, 0.05) is 17.5 Å². The van der Waals surface area contributed by atoms with E-state index in [0.29, 0.717) is 18.2 Å². The number of hydrogen-bond donors (Lipinski definition) is 1. The minimum Gasteiger partial charge on any atom is -0.424 e. The molecule has 0 fully saturated rings. The Balaban J connectivity index is 1.93. The van der Waals surface area contributed by atoms with E-state index in [1.165, 1.54) is 24.3 Å². The number of ether oxygens (including phenoxy) is 1. The van der Waals surface area contributed by atoms with E-state index in [9.17, 15) is 18.0 Å². The number of esters is 1. The Morgan fingerprint density at radius 3 is 2.42 bits per heavy atom. The molecule has 7 nitrogen and oxygen atoms in total. The maximum atomic E-state index is 13.1. The minimum absolute atomic E-state index is 0.0200. The lowest BCUT2D eigenvalue weighted by molar-refractivity contribution is -0.137. The smallest absolute Gasteiger partial charge is 0.336 e. The summed E-state index contributed by atoms with van der Waals surface area (Å²) < 4.78 is 39.0. The van der Waals surface area contributed by atoms with Crippen molar-refractivity contribution in [3.05, 3.63) is 69.0 Å². The molecule has 33 heavy (non-hydrogen) atoms. The number of sulfonamides is 1. The van der Waals surface area contributed by atoms with E-state index in [2.05, 4.69) is 4.72 Å². The van der Waals surface area contributed by atoms with Crippen molar-refractivity contribution in [2.45, 2.75) is 51.5 Å². The fraction of sp³-hybridized carbons (Fsp3) is 0.333. The van der Waals surface area contributed by atoms with Crippen molar-refractivity contribution in [1.29, 1.82) is 0 Å². The maximum absolute atomic E-state index is 13.1. The fourth-order valence-electron chi connectivity index (χ4n) is 3.36. The molecule has 2 aromatic carbocycles. The number of halogens is 1. The third-order valence-electron chi connectivity index (χ3n) is 5.55. The van der Waals surface area contributed by atoms with Gasteiger partial charge < -0.3 is 9.15 Å². The van der Waals surface area contributed by atoms with Crippen LogP contribution in [0.1, 0.15) is 38.3 Å². The molecule has 0 saturated heterocycles. The highest BCUT2D eigenvalue weighted by Gasteiger charge is 2.32. The summed E-state index contributed by atoms with van der Waals surface area (Å²) in [5.41, 5.74) is 1.37. The largest absolute Gasteiger partial charge is 0.424 e. The summed E-state index contributed by atoms with van der Waals surface area (Å²) in [5.74, 6) is -1.19. The number of rotatable bonds is 8. The van der Waals surface area contributed by atoms with E-state index in [-0.39, 0.29) is 27.2 Å². The molecule has 2 atom stereocenters. The van der Waals surface area contributed by atoms with Crippen LogP contribution in [0.4, 0.5) is 0 Å². The Labute approximate surface area is 197 Å². The normalized spacial score (nSPS) is 13.6. The number of fused-ring (bicyclic) bond motifs is 1. The van der Waals surface area contributed by atoms with E-state index in [0.717, 1.165) is 11.1 Å². The standard InChI is InChI=1S/C24H26ClNO6S/c1-5-15(4)23(26-33(29,30)17-9-7-14(3)8-10-17)24(28)32-21-13-20-18(12-19(21)25)16(6-2)11-22(27)31-20/h7-13,15,23,26H,5-6H2,1-4H3/t15-,23-/m1/s1. The van der Waals surface area contributed by atoms with Gasteiger partial charge in [0.25, 0.3) is 0 Å². The Morgan fingerprint density at radius 1 is 1.15 bits per heavy atom. The summed E-state index contributed by atoms with van der Waals surface area (Å²) >= 11 is 6.34. The van der Waals surface area contributed by atoms with Crippen molar-refractivity contribution >= 4 is 38.6 Å². The average Bonchev–Trinajstić information content (AvgIpc) is 2.77. The summed E-state index contributed by atoms with van der Waals surface area (Å²) in [5, 5.41) is 0.782. The molecule has 0 radical (unpaired) electrons. The summed E-state index contributed by atoms with van der Waals surface area (Å²) in [4.78, 5) is 24.9. The highest BCUT2D eigenvalue weighted by Crippen LogP contribution is 2.32. The van der Waals surface area contributed by atoms with E-state index in [1.54, 1.807) is 25.1 Å². The number of benzene rings is 2. The predicted molar refractivity (Wildman–Crippen MR) is 127 cm³/mol. The number of aryl methyl sites for hydroxylation is 2. The minimum atomic E-state index is -3.97. The molecule has 0 amide bonds. The van der Waals surface area contributed by atoms with Crippen LogP contribution in [-0.2, 0) is 21.2 Å². The molecular weight excluding hydrogens is 466 g/mol. The quantitative estimate of drug-likeness (QED) is 0.280. The van der Waals surface area contributed by atoms with Crippen molar-refractivity contribution in [2.24, 2.45) is 5.92 Å². The Kier molecular flexibility index (Phi) is 7.62. The second-order valence-electron chi connectivity index (χ2n) is 7.94. The SMILES string of the molecule is CCc1cc(=O)oc2cc(OC(=O)[C@H](NS(=O)(=O)c3ccc(C)cc3)[C@H](C)CC)c(Cl)cc12. The maximum Gasteiger partial charge on any atom is 0.336 e. The zero-order chi connectivity index (χ0) is 24.3. The molecule has 0 saturated carbocycles. The summed E-state index contributed by atoms with van der Waals surface area (Å²) in [6, 6.07) is 9.49. The highest BCUT2D eigenvalue weighted by molar-refractivity contribution is 7.89. The van der Waals surface area contributed by atoms with Gasteiger partial charge in [0.2, 0.25) is 10.0 Å². The van der Waals surface area contributed by atoms with Gasteiger partial charge >= 0.3 is 11.6 Å². The van der Waals surface area contributed by atoms with Gasteiger partial charge in [-0.3, -0.25) is 0 Å². The van der Waals surface area contributed by atoms with Gasteiger partial charge in [0.15, 0.2) is 5.75 Å². The average molecular weight is 492 g/mol. The molecule has 1 aromatic heterocycles. The van der Waals surface area contributed by atoms with Crippen LogP contribution in [-0.4, -0.2) is 20.4 Å². The summed E-state index contributed by atoms with van der Waals surface area (Å²) in [7, 11) is -3.97. The second-order valence-corrected chi connectivity index (χ2v) is 10.1. The zero-order valence-corrected chi connectivity index (χ0v) is 20.4. The monoisotopic (exact) mass is 491 g/mol. The molecule has 0 unspecified atom stereocenters. The van der Waals surface area contributed by atoms with Crippen LogP contribution in [0.3, 0.4) is 0 Å². The van der Waals surface area contributed by atoms with Gasteiger partial charge in [-0.2, -0.15) is 4.72 Å². The summed E-state index contributed by atoms with van der Waals surface area (Å²) in [6.07, 6.45) is 1.12. The molecule has 0 bridgehead atoms. The topological polar surface area (TPSA) is 103 Å². The fourth-order valence-corrected chi connectivity index (χ4v) is 4.85. The van der Waals surface area contributed by atoms with E-state index >= 15 is 0 Å². The Bertz CT molecular complexity index is 1330. The van der Waals surface area contributed by atoms with Gasteiger partial charge in [0.1, 0.15) is 11.6 Å². The molecule has 1 N–H and O–H groups in total. The molecule has 3 aromatic rings. The van der Waals surface area contributed by atoms with E-state index in [1.807, 2.05) is 20.8 Å². The van der Waals surface area contributed by atoms with Gasteiger partial charge in [0.05, 0.1) is 9.92 Å². The lowest BCUT2D eigenvalue weighted by Gasteiger charge is -2.23.